The first-order valence-electron chi connectivity index (χ1n) is 4.42. The topological polar surface area (TPSA) is 29.9 Å². The Balaban J connectivity index is 2.81. The molecule has 1 heterocycles. The highest BCUT2D eigenvalue weighted by Crippen LogP contribution is 2.14. The highest BCUT2D eigenvalue weighted by Gasteiger charge is 2.05. The van der Waals surface area contributed by atoms with Crippen LogP contribution in [-0.4, -0.2) is 15.8 Å². The molecular weight excluding hydrogens is 150 g/mol. The summed E-state index contributed by atoms with van der Waals surface area (Å²) in [4.78, 5) is 0. The zero-order valence-corrected chi connectivity index (χ0v) is 8.26. The third kappa shape index (κ3) is 2.00. The Labute approximate surface area is 73.8 Å². The van der Waals surface area contributed by atoms with Gasteiger partial charge in [0, 0.05) is 19.3 Å². The van der Waals surface area contributed by atoms with Crippen LogP contribution in [0.1, 0.15) is 26.5 Å². The second-order valence-corrected chi connectivity index (χ2v) is 3.32. The number of rotatable bonds is 3. The van der Waals surface area contributed by atoms with E-state index in [0.29, 0.717) is 6.04 Å². The summed E-state index contributed by atoms with van der Waals surface area (Å²) in [6.07, 6.45) is 3.01. The van der Waals surface area contributed by atoms with E-state index in [2.05, 4.69) is 31.2 Å². The maximum Gasteiger partial charge on any atom is 0.0853 e. The van der Waals surface area contributed by atoms with E-state index < -0.39 is 0 Å². The summed E-state index contributed by atoms with van der Waals surface area (Å²) in [5.41, 5.74) is 2.31. The second kappa shape index (κ2) is 3.61. The van der Waals surface area contributed by atoms with Crippen LogP contribution in [0.3, 0.4) is 0 Å². The summed E-state index contributed by atoms with van der Waals surface area (Å²) in [6.45, 7) is 6.38. The van der Waals surface area contributed by atoms with Gasteiger partial charge < -0.3 is 5.32 Å². The fourth-order valence-corrected chi connectivity index (χ4v) is 1.23. The lowest BCUT2D eigenvalue weighted by molar-refractivity contribution is 0.746. The van der Waals surface area contributed by atoms with Crippen molar-refractivity contribution < 1.29 is 0 Å². The Morgan fingerprint density at radius 3 is 2.75 bits per heavy atom. The molecule has 1 rings (SSSR count). The van der Waals surface area contributed by atoms with E-state index >= 15 is 0 Å². The van der Waals surface area contributed by atoms with E-state index in [9.17, 15) is 0 Å². The van der Waals surface area contributed by atoms with Crippen molar-refractivity contribution in [3.05, 3.63) is 11.9 Å². The van der Waals surface area contributed by atoms with Gasteiger partial charge >= 0.3 is 0 Å². The molecule has 1 aromatic rings. The molecular formula is C9H17N3. The molecule has 0 fully saturated rings. The Hall–Kier alpha value is -0.990. The van der Waals surface area contributed by atoms with Gasteiger partial charge in [0.1, 0.15) is 0 Å². The van der Waals surface area contributed by atoms with Crippen molar-refractivity contribution in [3.63, 3.8) is 0 Å². The van der Waals surface area contributed by atoms with E-state index in [1.54, 1.807) is 0 Å². The van der Waals surface area contributed by atoms with E-state index in [-0.39, 0.29) is 0 Å². The minimum atomic E-state index is 0.472. The number of nitrogens with one attached hydrogen (secondary N) is 1. The number of hydrogen-bond donors (Lipinski definition) is 1. The van der Waals surface area contributed by atoms with E-state index in [0.717, 1.165) is 17.8 Å². The normalized spacial score (nSPS) is 10.8. The van der Waals surface area contributed by atoms with Gasteiger partial charge in [0.2, 0.25) is 0 Å². The second-order valence-electron chi connectivity index (χ2n) is 3.32. The van der Waals surface area contributed by atoms with Crippen molar-refractivity contribution in [1.82, 2.24) is 9.78 Å². The minimum Gasteiger partial charge on any atom is -0.380 e. The van der Waals surface area contributed by atoms with E-state index in [1.807, 2.05) is 17.9 Å². The van der Waals surface area contributed by atoms with Crippen molar-refractivity contribution in [2.75, 3.05) is 5.32 Å². The highest BCUT2D eigenvalue weighted by molar-refractivity contribution is 5.46. The molecule has 1 aromatic heterocycles. The number of anilines is 1. The number of nitrogens with zero attached hydrogens (tertiary/aromatic N) is 2. The van der Waals surface area contributed by atoms with Gasteiger partial charge in [0.15, 0.2) is 0 Å². The maximum absolute atomic E-state index is 4.34. The van der Waals surface area contributed by atoms with Crippen LogP contribution in [0.4, 0.5) is 5.69 Å². The molecule has 0 aliphatic rings. The van der Waals surface area contributed by atoms with Gasteiger partial charge in [-0.25, -0.2) is 0 Å². The molecule has 0 spiro atoms. The van der Waals surface area contributed by atoms with Gasteiger partial charge in [-0.1, -0.05) is 6.92 Å². The molecule has 3 heteroatoms. The number of aryl methyl sites for hydroxylation is 2. The van der Waals surface area contributed by atoms with Gasteiger partial charge in [-0.3, -0.25) is 4.68 Å². The summed E-state index contributed by atoms with van der Waals surface area (Å²) >= 11 is 0. The van der Waals surface area contributed by atoms with Gasteiger partial charge in [-0.2, -0.15) is 5.10 Å². The molecule has 0 unspecified atom stereocenters. The monoisotopic (exact) mass is 167 g/mol. The Morgan fingerprint density at radius 2 is 2.25 bits per heavy atom. The molecule has 0 radical (unpaired) electrons. The van der Waals surface area contributed by atoms with Crippen LogP contribution in [-0.2, 0) is 13.5 Å². The molecule has 0 amide bonds. The van der Waals surface area contributed by atoms with Crippen molar-refractivity contribution in [3.8, 4) is 0 Å². The summed E-state index contributed by atoms with van der Waals surface area (Å²) < 4.78 is 1.85. The predicted octanol–water partition coefficient (Wildman–Crippen LogP) is 1.80. The van der Waals surface area contributed by atoms with Gasteiger partial charge in [-0.05, 0) is 20.3 Å². The smallest absolute Gasteiger partial charge is 0.0853 e. The summed E-state index contributed by atoms with van der Waals surface area (Å²) in [6, 6.07) is 0.472. The molecule has 0 aromatic carbocycles. The molecule has 3 nitrogen and oxygen atoms in total. The molecule has 0 bridgehead atoms. The van der Waals surface area contributed by atoms with Crippen LogP contribution in [0.15, 0.2) is 6.20 Å². The predicted molar refractivity (Wildman–Crippen MR) is 51.3 cm³/mol. The van der Waals surface area contributed by atoms with Crippen molar-refractivity contribution >= 4 is 5.69 Å². The van der Waals surface area contributed by atoms with Crippen LogP contribution >= 0.6 is 0 Å². The van der Waals surface area contributed by atoms with Crippen LogP contribution in [0.25, 0.3) is 0 Å². The lowest BCUT2D eigenvalue weighted by Gasteiger charge is -2.07. The van der Waals surface area contributed by atoms with Crippen LogP contribution < -0.4 is 5.32 Å². The maximum atomic E-state index is 4.34. The molecule has 68 valence electrons. The fourth-order valence-electron chi connectivity index (χ4n) is 1.23. The SMILES string of the molecule is CCc1nn(C)cc1NC(C)C. The molecule has 0 atom stereocenters. The van der Waals surface area contributed by atoms with Crippen molar-refractivity contribution in [1.29, 1.82) is 0 Å². The molecule has 0 aliphatic heterocycles. The molecule has 0 aliphatic carbocycles. The zero-order valence-electron chi connectivity index (χ0n) is 8.26. The van der Waals surface area contributed by atoms with Crippen LogP contribution in [0.5, 0.6) is 0 Å². The van der Waals surface area contributed by atoms with Crippen LogP contribution in [0, 0.1) is 0 Å². The number of hydrogen-bond acceptors (Lipinski definition) is 2. The third-order valence-corrected chi connectivity index (χ3v) is 1.68. The molecule has 12 heavy (non-hydrogen) atoms. The fraction of sp³-hybridized carbons (Fsp3) is 0.667. The summed E-state index contributed by atoms with van der Waals surface area (Å²) in [7, 11) is 1.95. The molecule has 0 saturated carbocycles. The average molecular weight is 167 g/mol. The van der Waals surface area contributed by atoms with Crippen molar-refractivity contribution in [2.45, 2.75) is 33.2 Å². The lowest BCUT2D eigenvalue weighted by atomic mass is 10.3. The van der Waals surface area contributed by atoms with Gasteiger partial charge in [-0.15, -0.1) is 0 Å². The third-order valence-electron chi connectivity index (χ3n) is 1.68. The van der Waals surface area contributed by atoms with E-state index in [1.165, 1.54) is 0 Å². The Kier molecular flexibility index (Phi) is 2.74. The quantitative estimate of drug-likeness (QED) is 0.744. The van der Waals surface area contributed by atoms with Crippen molar-refractivity contribution in [2.24, 2.45) is 7.05 Å². The lowest BCUT2D eigenvalue weighted by Crippen LogP contribution is -2.10. The number of aromatic nitrogens is 2. The van der Waals surface area contributed by atoms with Crippen LogP contribution in [0.2, 0.25) is 0 Å². The first kappa shape index (κ1) is 9.10. The Bertz CT molecular complexity index is 250. The zero-order chi connectivity index (χ0) is 9.14. The summed E-state index contributed by atoms with van der Waals surface area (Å²) in [5, 5.41) is 7.70. The largest absolute Gasteiger partial charge is 0.380 e. The molecule has 0 saturated heterocycles. The highest BCUT2D eigenvalue weighted by atomic mass is 15.3. The average Bonchev–Trinajstić information content (AvgIpc) is 2.29. The van der Waals surface area contributed by atoms with E-state index in [4.69, 9.17) is 0 Å². The van der Waals surface area contributed by atoms with Gasteiger partial charge in [0.05, 0.1) is 11.4 Å². The van der Waals surface area contributed by atoms with Gasteiger partial charge in [0.25, 0.3) is 0 Å². The first-order chi connectivity index (χ1) is 5.63. The minimum absolute atomic E-state index is 0.472. The standard InChI is InChI=1S/C9H17N3/c1-5-8-9(10-7(2)3)6-12(4)11-8/h6-7,10H,5H2,1-4H3. The first-order valence-corrected chi connectivity index (χ1v) is 4.42. The summed E-state index contributed by atoms with van der Waals surface area (Å²) in [5.74, 6) is 0. The molecule has 1 N–H and O–H groups in total. The Morgan fingerprint density at radius 1 is 1.58 bits per heavy atom.